The maximum Gasteiger partial charge on any atom is 0.264 e. The number of ether oxygens (including phenoxy) is 1. The quantitative estimate of drug-likeness (QED) is 0.592. The van der Waals surface area contributed by atoms with E-state index in [4.69, 9.17) is 16.3 Å². The number of halogens is 1. The second kappa shape index (κ2) is 8.40. The zero-order valence-electron chi connectivity index (χ0n) is 19.0. The van der Waals surface area contributed by atoms with Crippen LogP contribution in [0.25, 0.3) is 11.4 Å². The van der Waals surface area contributed by atoms with Gasteiger partial charge in [-0.2, -0.15) is 0 Å². The number of likely N-dealkylation sites (tertiary alicyclic amines) is 1. The van der Waals surface area contributed by atoms with Gasteiger partial charge in [0.1, 0.15) is 22.7 Å². The highest BCUT2D eigenvalue weighted by Crippen LogP contribution is 2.41. The number of nitrogens with one attached hydrogen (secondary N) is 1. The van der Waals surface area contributed by atoms with Gasteiger partial charge in [0, 0.05) is 42.7 Å². The van der Waals surface area contributed by atoms with Crippen molar-refractivity contribution in [1.82, 2.24) is 14.9 Å². The van der Waals surface area contributed by atoms with E-state index in [2.05, 4.69) is 9.97 Å². The Kier molecular flexibility index (Phi) is 5.52. The number of H-pyrrole nitrogens is 1. The van der Waals surface area contributed by atoms with Crippen molar-refractivity contribution in [3.63, 3.8) is 0 Å². The van der Waals surface area contributed by atoms with Crippen LogP contribution in [0.2, 0.25) is 5.02 Å². The molecule has 3 heterocycles. The van der Waals surface area contributed by atoms with E-state index in [0.717, 1.165) is 11.1 Å². The van der Waals surface area contributed by atoms with Gasteiger partial charge in [-0.3, -0.25) is 14.4 Å². The Morgan fingerprint density at radius 1 is 1.12 bits per heavy atom. The molecule has 34 heavy (non-hydrogen) atoms. The fourth-order valence-electron chi connectivity index (χ4n) is 4.81. The first-order chi connectivity index (χ1) is 16.2. The van der Waals surface area contributed by atoms with E-state index in [9.17, 15) is 14.4 Å². The number of hydrogen-bond donors (Lipinski definition) is 1. The van der Waals surface area contributed by atoms with Crippen molar-refractivity contribution in [2.45, 2.75) is 38.7 Å². The fraction of sp³-hybridized carbons (Fsp3) is 0.308. The van der Waals surface area contributed by atoms with Crippen LogP contribution in [0, 0.1) is 13.8 Å². The minimum Gasteiger partial charge on any atom is -0.486 e. The molecule has 0 unspecified atom stereocenters. The molecule has 0 bridgehead atoms. The molecule has 1 fully saturated rings. The van der Waals surface area contributed by atoms with Crippen molar-refractivity contribution < 1.29 is 14.3 Å². The Morgan fingerprint density at radius 2 is 1.82 bits per heavy atom. The molecule has 1 saturated heterocycles. The predicted octanol–water partition coefficient (Wildman–Crippen LogP) is 4.35. The van der Waals surface area contributed by atoms with Gasteiger partial charge in [0.05, 0.1) is 12.0 Å². The molecule has 0 aliphatic carbocycles. The number of aromatic amines is 1. The number of carbonyl (C=O) groups is 2. The Bertz CT molecular complexity index is 1360. The van der Waals surface area contributed by atoms with Crippen molar-refractivity contribution >= 4 is 23.3 Å². The molecule has 1 amide bonds. The lowest BCUT2D eigenvalue weighted by molar-refractivity contribution is -0.00623. The summed E-state index contributed by atoms with van der Waals surface area (Å²) in [6, 6.07) is 10.8. The van der Waals surface area contributed by atoms with E-state index in [1.807, 2.05) is 26.0 Å². The van der Waals surface area contributed by atoms with E-state index >= 15 is 0 Å². The summed E-state index contributed by atoms with van der Waals surface area (Å²) < 4.78 is 6.40. The fourth-order valence-corrected chi connectivity index (χ4v) is 4.93. The van der Waals surface area contributed by atoms with Crippen LogP contribution in [-0.4, -0.2) is 45.2 Å². The van der Waals surface area contributed by atoms with E-state index in [0.29, 0.717) is 60.1 Å². The molecule has 174 valence electrons. The standard InChI is InChI=1S/C26H24ClN3O4/c1-15-11-16(2)22-19(12-15)21(31)13-26(34-22)7-9-30(10-8-26)25(33)20-14-28-23(29-24(20)32)17-3-5-18(27)6-4-17/h3-6,11-12,14H,7-10,13H2,1-2H3,(H,28,29,32). The summed E-state index contributed by atoms with van der Waals surface area (Å²) in [4.78, 5) is 47.2. The number of carbonyl (C=O) groups excluding carboxylic acids is 2. The first kappa shape index (κ1) is 22.3. The number of ketones is 1. The van der Waals surface area contributed by atoms with E-state index in [1.54, 1.807) is 29.2 Å². The number of fused-ring (bicyclic) bond motifs is 1. The number of Topliss-reactive ketones (excluding diaryl/α,β-unsaturated/α-hetero) is 1. The Labute approximate surface area is 201 Å². The first-order valence-electron chi connectivity index (χ1n) is 11.2. The van der Waals surface area contributed by atoms with E-state index < -0.39 is 11.2 Å². The monoisotopic (exact) mass is 477 g/mol. The van der Waals surface area contributed by atoms with Crippen LogP contribution >= 0.6 is 11.6 Å². The number of nitrogens with zero attached hydrogens (tertiary/aromatic N) is 2. The lowest BCUT2D eigenvalue weighted by Gasteiger charge is -2.44. The number of aryl methyl sites for hydroxylation is 2. The van der Waals surface area contributed by atoms with Crippen molar-refractivity contribution in [1.29, 1.82) is 0 Å². The van der Waals surface area contributed by atoms with Crippen LogP contribution in [0.15, 0.2) is 47.4 Å². The summed E-state index contributed by atoms with van der Waals surface area (Å²) in [5.74, 6) is 0.723. The van der Waals surface area contributed by atoms with Gasteiger partial charge in [-0.15, -0.1) is 0 Å². The average Bonchev–Trinajstić information content (AvgIpc) is 2.81. The minimum absolute atomic E-state index is 0.00836. The summed E-state index contributed by atoms with van der Waals surface area (Å²) in [7, 11) is 0. The molecule has 2 aliphatic heterocycles. The second-order valence-electron chi connectivity index (χ2n) is 9.12. The molecule has 1 N–H and O–H groups in total. The molecule has 2 aromatic carbocycles. The summed E-state index contributed by atoms with van der Waals surface area (Å²) in [5, 5.41) is 0.582. The van der Waals surface area contributed by atoms with Crippen LogP contribution in [0.4, 0.5) is 0 Å². The number of benzene rings is 2. The number of rotatable bonds is 2. The third-order valence-corrected chi connectivity index (χ3v) is 6.88. The number of amides is 1. The second-order valence-corrected chi connectivity index (χ2v) is 9.55. The molecular formula is C26H24ClN3O4. The average molecular weight is 478 g/mol. The van der Waals surface area contributed by atoms with Gasteiger partial charge in [-0.25, -0.2) is 4.98 Å². The predicted molar refractivity (Wildman–Crippen MR) is 129 cm³/mol. The summed E-state index contributed by atoms with van der Waals surface area (Å²) in [5.41, 5.74) is 2.19. The zero-order valence-corrected chi connectivity index (χ0v) is 19.7. The third-order valence-electron chi connectivity index (χ3n) is 6.63. The molecular weight excluding hydrogens is 454 g/mol. The number of piperidine rings is 1. The Hall–Kier alpha value is -3.45. The van der Waals surface area contributed by atoms with Crippen molar-refractivity contribution in [2.24, 2.45) is 0 Å². The largest absolute Gasteiger partial charge is 0.486 e. The summed E-state index contributed by atoms with van der Waals surface area (Å²) in [6.45, 7) is 4.70. The third kappa shape index (κ3) is 4.01. The summed E-state index contributed by atoms with van der Waals surface area (Å²) in [6.07, 6.45) is 2.65. The van der Waals surface area contributed by atoms with Gasteiger partial charge in [0.25, 0.3) is 11.5 Å². The maximum absolute atomic E-state index is 13.1. The Balaban J connectivity index is 1.31. The molecule has 8 heteroatoms. The van der Waals surface area contributed by atoms with Crippen LogP contribution in [-0.2, 0) is 0 Å². The lowest BCUT2D eigenvalue weighted by atomic mass is 9.81. The van der Waals surface area contributed by atoms with Gasteiger partial charge in [0.2, 0.25) is 0 Å². The van der Waals surface area contributed by atoms with E-state index in [-0.39, 0.29) is 17.3 Å². The Morgan fingerprint density at radius 3 is 2.50 bits per heavy atom. The van der Waals surface area contributed by atoms with Crippen LogP contribution in [0.1, 0.15) is 51.1 Å². The smallest absolute Gasteiger partial charge is 0.264 e. The maximum atomic E-state index is 13.1. The van der Waals surface area contributed by atoms with Gasteiger partial charge >= 0.3 is 0 Å². The van der Waals surface area contributed by atoms with Gasteiger partial charge in [-0.1, -0.05) is 17.7 Å². The normalized spacial score (nSPS) is 16.8. The van der Waals surface area contributed by atoms with Crippen LogP contribution < -0.4 is 10.3 Å². The molecule has 0 saturated carbocycles. The molecule has 3 aromatic rings. The number of aromatic nitrogens is 2. The van der Waals surface area contributed by atoms with Crippen LogP contribution in [0.5, 0.6) is 5.75 Å². The first-order valence-corrected chi connectivity index (χ1v) is 11.6. The molecule has 0 radical (unpaired) electrons. The molecule has 5 rings (SSSR count). The highest BCUT2D eigenvalue weighted by Gasteiger charge is 2.44. The lowest BCUT2D eigenvalue weighted by Crippen LogP contribution is -2.52. The molecule has 0 atom stereocenters. The summed E-state index contributed by atoms with van der Waals surface area (Å²) >= 11 is 5.91. The number of hydrogen-bond acceptors (Lipinski definition) is 5. The molecule has 1 spiro atoms. The van der Waals surface area contributed by atoms with Crippen molar-refractivity contribution in [3.05, 3.63) is 80.2 Å². The van der Waals surface area contributed by atoms with Crippen LogP contribution in [0.3, 0.4) is 0 Å². The minimum atomic E-state index is -0.621. The molecule has 2 aliphatic rings. The van der Waals surface area contributed by atoms with Gasteiger partial charge in [0.15, 0.2) is 5.78 Å². The van der Waals surface area contributed by atoms with Crippen molar-refractivity contribution in [2.75, 3.05) is 13.1 Å². The molecule has 1 aromatic heterocycles. The van der Waals surface area contributed by atoms with Gasteiger partial charge < -0.3 is 14.6 Å². The highest BCUT2D eigenvalue weighted by molar-refractivity contribution is 6.30. The highest BCUT2D eigenvalue weighted by atomic mass is 35.5. The zero-order chi connectivity index (χ0) is 24.0. The van der Waals surface area contributed by atoms with Crippen molar-refractivity contribution in [3.8, 4) is 17.1 Å². The molecule has 7 nitrogen and oxygen atoms in total. The van der Waals surface area contributed by atoms with E-state index in [1.165, 1.54) is 6.20 Å². The van der Waals surface area contributed by atoms with Gasteiger partial charge in [-0.05, 0) is 55.3 Å². The SMILES string of the molecule is Cc1cc(C)c2c(c1)C(=O)CC1(CCN(C(=O)c3cnc(-c4ccc(Cl)cc4)[nH]c3=O)CC1)O2. The topological polar surface area (TPSA) is 92.4 Å².